The number of halogens is 2. The molecule has 0 saturated carbocycles. The van der Waals surface area contributed by atoms with E-state index in [4.69, 9.17) is 11.6 Å². The number of nitrogens with zero attached hydrogens (tertiary/aromatic N) is 3. The Morgan fingerprint density at radius 3 is 2.58 bits per heavy atom. The normalized spacial score (nSPS) is 11.1. The van der Waals surface area contributed by atoms with Gasteiger partial charge in [0.25, 0.3) is 5.56 Å². The van der Waals surface area contributed by atoms with E-state index in [9.17, 15) is 14.0 Å². The monoisotopic (exact) mass is 438 g/mol. The number of carbonyl (C=O) groups excluding carboxylic acids is 1. The highest BCUT2D eigenvalue weighted by Gasteiger charge is 2.15. The molecule has 0 fully saturated rings. The standard InChI is InChI=1S/C23H20ClFN4O2/c1-14-3-6-17(7-4-14)29-20-9-10-28(23(31)22(20)15(2)27-29)13-21(30)26-12-16-5-8-19(25)18(24)11-16/h3-11H,12-13H2,1-2H3,(H,26,30). The molecule has 2 heterocycles. The topological polar surface area (TPSA) is 68.9 Å². The number of hydrogen-bond acceptors (Lipinski definition) is 3. The maximum atomic E-state index is 13.3. The summed E-state index contributed by atoms with van der Waals surface area (Å²) in [4.78, 5) is 25.4. The molecule has 1 N–H and O–H groups in total. The average molecular weight is 439 g/mol. The lowest BCUT2D eigenvalue weighted by Gasteiger charge is -2.09. The van der Waals surface area contributed by atoms with Gasteiger partial charge in [-0.2, -0.15) is 5.10 Å². The molecule has 2 aromatic carbocycles. The summed E-state index contributed by atoms with van der Waals surface area (Å²) in [6.45, 7) is 3.82. The van der Waals surface area contributed by atoms with Crippen molar-refractivity contribution in [3.05, 3.63) is 92.7 Å². The summed E-state index contributed by atoms with van der Waals surface area (Å²) in [5, 5.41) is 7.71. The van der Waals surface area contributed by atoms with Crippen molar-refractivity contribution in [1.82, 2.24) is 19.7 Å². The minimum Gasteiger partial charge on any atom is -0.350 e. The van der Waals surface area contributed by atoms with Crippen LogP contribution in [-0.2, 0) is 17.9 Å². The third-order valence-corrected chi connectivity index (χ3v) is 5.34. The molecular formula is C23H20ClFN4O2. The highest BCUT2D eigenvalue weighted by atomic mass is 35.5. The van der Waals surface area contributed by atoms with Crippen LogP contribution in [0.2, 0.25) is 5.02 Å². The minimum atomic E-state index is -0.516. The lowest BCUT2D eigenvalue weighted by Crippen LogP contribution is -2.31. The Morgan fingerprint density at radius 2 is 1.87 bits per heavy atom. The van der Waals surface area contributed by atoms with E-state index in [-0.39, 0.29) is 29.6 Å². The van der Waals surface area contributed by atoms with Gasteiger partial charge in [-0.15, -0.1) is 0 Å². The zero-order valence-corrected chi connectivity index (χ0v) is 17.8. The maximum absolute atomic E-state index is 13.3. The van der Waals surface area contributed by atoms with Gasteiger partial charge in [0.1, 0.15) is 12.4 Å². The Bertz CT molecular complexity index is 1340. The van der Waals surface area contributed by atoms with Gasteiger partial charge in [0.15, 0.2) is 0 Å². The van der Waals surface area contributed by atoms with Gasteiger partial charge in [-0.3, -0.25) is 9.59 Å². The average Bonchev–Trinajstić information content (AvgIpc) is 3.08. The minimum absolute atomic E-state index is 0.00511. The van der Waals surface area contributed by atoms with Crippen molar-refractivity contribution >= 4 is 28.4 Å². The molecule has 0 unspecified atom stereocenters. The molecule has 1 amide bonds. The molecule has 6 nitrogen and oxygen atoms in total. The Labute approximate surface area is 182 Å². The van der Waals surface area contributed by atoms with Crippen LogP contribution in [0.15, 0.2) is 59.5 Å². The Kier molecular flexibility index (Phi) is 5.61. The lowest BCUT2D eigenvalue weighted by atomic mass is 10.2. The molecule has 0 bridgehead atoms. The van der Waals surface area contributed by atoms with E-state index in [0.29, 0.717) is 22.2 Å². The van der Waals surface area contributed by atoms with Gasteiger partial charge in [0.2, 0.25) is 5.91 Å². The van der Waals surface area contributed by atoms with Crippen LogP contribution in [0.3, 0.4) is 0 Å². The number of aryl methyl sites for hydroxylation is 2. The van der Waals surface area contributed by atoms with Crippen LogP contribution in [-0.4, -0.2) is 20.3 Å². The van der Waals surface area contributed by atoms with E-state index in [2.05, 4.69) is 10.4 Å². The molecule has 8 heteroatoms. The molecule has 0 saturated heterocycles. The predicted molar refractivity (Wildman–Crippen MR) is 118 cm³/mol. The van der Waals surface area contributed by atoms with Crippen LogP contribution in [0, 0.1) is 19.7 Å². The molecule has 0 spiro atoms. The van der Waals surface area contributed by atoms with Gasteiger partial charge in [-0.1, -0.05) is 35.4 Å². The summed E-state index contributed by atoms with van der Waals surface area (Å²) >= 11 is 5.76. The summed E-state index contributed by atoms with van der Waals surface area (Å²) in [5.74, 6) is -0.858. The zero-order chi connectivity index (χ0) is 22.1. The number of fused-ring (bicyclic) bond motifs is 1. The first kappa shape index (κ1) is 20.8. The lowest BCUT2D eigenvalue weighted by molar-refractivity contribution is -0.121. The fourth-order valence-corrected chi connectivity index (χ4v) is 3.61. The second-order valence-corrected chi connectivity index (χ2v) is 7.77. The van der Waals surface area contributed by atoms with Gasteiger partial charge < -0.3 is 9.88 Å². The highest BCUT2D eigenvalue weighted by molar-refractivity contribution is 6.30. The molecule has 0 radical (unpaired) electrons. The van der Waals surface area contributed by atoms with Crippen molar-refractivity contribution in [3.63, 3.8) is 0 Å². The summed E-state index contributed by atoms with van der Waals surface area (Å²) < 4.78 is 16.3. The van der Waals surface area contributed by atoms with E-state index in [1.54, 1.807) is 29.9 Å². The van der Waals surface area contributed by atoms with E-state index >= 15 is 0 Å². The molecule has 4 aromatic rings. The Hall–Kier alpha value is -3.45. The molecule has 31 heavy (non-hydrogen) atoms. The van der Waals surface area contributed by atoms with Crippen molar-refractivity contribution < 1.29 is 9.18 Å². The number of benzene rings is 2. The van der Waals surface area contributed by atoms with Gasteiger partial charge in [-0.25, -0.2) is 9.07 Å². The third kappa shape index (κ3) is 4.22. The molecule has 0 atom stereocenters. The largest absolute Gasteiger partial charge is 0.350 e. The van der Waals surface area contributed by atoms with Crippen LogP contribution >= 0.6 is 11.6 Å². The van der Waals surface area contributed by atoms with E-state index in [1.165, 1.54) is 16.7 Å². The summed E-state index contributed by atoms with van der Waals surface area (Å²) in [6, 6.07) is 13.9. The van der Waals surface area contributed by atoms with Gasteiger partial charge in [0.05, 0.1) is 27.3 Å². The van der Waals surface area contributed by atoms with Crippen LogP contribution in [0.1, 0.15) is 16.8 Å². The van der Waals surface area contributed by atoms with E-state index in [1.807, 2.05) is 31.2 Å². The van der Waals surface area contributed by atoms with Crippen molar-refractivity contribution in [2.24, 2.45) is 0 Å². The number of amides is 1. The molecular weight excluding hydrogens is 419 g/mol. The number of carbonyl (C=O) groups is 1. The van der Waals surface area contributed by atoms with Crippen molar-refractivity contribution in [2.75, 3.05) is 0 Å². The summed E-state index contributed by atoms with van der Waals surface area (Å²) in [5.41, 5.74) is 3.65. The SMILES string of the molecule is Cc1ccc(-n2nc(C)c3c(=O)n(CC(=O)NCc4ccc(F)c(Cl)c4)ccc32)cc1. The number of rotatable bonds is 5. The second kappa shape index (κ2) is 8.35. The predicted octanol–water partition coefficient (Wildman–Crippen LogP) is 3.91. The Morgan fingerprint density at radius 1 is 1.13 bits per heavy atom. The third-order valence-electron chi connectivity index (χ3n) is 5.05. The zero-order valence-electron chi connectivity index (χ0n) is 17.0. The smallest absolute Gasteiger partial charge is 0.262 e. The van der Waals surface area contributed by atoms with Gasteiger partial charge in [-0.05, 0) is 49.7 Å². The Balaban J connectivity index is 1.56. The number of nitrogens with one attached hydrogen (secondary N) is 1. The first-order valence-electron chi connectivity index (χ1n) is 9.70. The first-order chi connectivity index (χ1) is 14.8. The molecule has 158 valence electrons. The van der Waals surface area contributed by atoms with Gasteiger partial charge >= 0.3 is 0 Å². The van der Waals surface area contributed by atoms with E-state index in [0.717, 1.165) is 11.3 Å². The summed E-state index contributed by atoms with van der Waals surface area (Å²) in [7, 11) is 0. The number of hydrogen-bond donors (Lipinski definition) is 1. The molecule has 2 aromatic heterocycles. The molecule has 0 aliphatic carbocycles. The van der Waals surface area contributed by atoms with E-state index < -0.39 is 5.82 Å². The molecule has 0 aliphatic heterocycles. The first-order valence-corrected chi connectivity index (χ1v) is 10.1. The molecule has 4 rings (SSSR count). The van der Waals surface area contributed by atoms with Crippen LogP contribution in [0.25, 0.3) is 16.6 Å². The van der Waals surface area contributed by atoms with Crippen molar-refractivity contribution in [3.8, 4) is 5.69 Å². The second-order valence-electron chi connectivity index (χ2n) is 7.37. The van der Waals surface area contributed by atoms with Crippen molar-refractivity contribution in [1.29, 1.82) is 0 Å². The maximum Gasteiger partial charge on any atom is 0.262 e. The fourth-order valence-electron chi connectivity index (χ4n) is 3.40. The molecule has 0 aliphatic rings. The summed E-state index contributed by atoms with van der Waals surface area (Å²) in [6.07, 6.45) is 1.59. The van der Waals surface area contributed by atoms with Gasteiger partial charge in [0, 0.05) is 12.7 Å². The quantitative estimate of drug-likeness (QED) is 0.513. The highest BCUT2D eigenvalue weighted by Crippen LogP contribution is 2.19. The van der Waals surface area contributed by atoms with Crippen LogP contribution in [0.4, 0.5) is 4.39 Å². The van der Waals surface area contributed by atoms with Crippen LogP contribution < -0.4 is 10.9 Å². The number of aromatic nitrogens is 3. The number of pyridine rings is 1. The van der Waals surface area contributed by atoms with Crippen LogP contribution in [0.5, 0.6) is 0 Å². The van der Waals surface area contributed by atoms with Crippen molar-refractivity contribution in [2.45, 2.75) is 26.9 Å². The fraction of sp³-hybridized carbons (Fsp3) is 0.174.